The third-order valence-corrected chi connectivity index (χ3v) is 11.8. The average Bonchev–Trinajstić information content (AvgIpc) is 3.58. The Kier molecular flexibility index (Phi) is 7.45. The SMILES string of the molecule is N#Cc1ccc(N(c2ccc(-c3ccc4c5c(cccc35)-c3ccccc3O4)cc2)c2ccc3c(c2)C(c2ccccc2)(c2ccccc2)c2ccccc2-3)cc1. The number of nitriles is 1. The molecule has 0 spiro atoms. The Hall–Kier alpha value is -7.67. The van der Waals surface area contributed by atoms with Crippen molar-refractivity contribution in [3.63, 3.8) is 0 Å². The molecule has 0 saturated carbocycles. The number of nitrogens with zero attached hydrogens (tertiary/aromatic N) is 2. The summed E-state index contributed by atoms with van der Waals surface area (Å²) in [5, 5.41) is 12.0. The van der Waals surface area contributed by atoms with E-state index in [-0.39, 0.29) is 0 Å². The van der Waals surface area contributed by atoms with Crippen molar-refractivity contribution >= 4 is 27.8 Å². The first kappa shape index (κ1) is 32.7. The molecule has 0 bridgehead atoms. The molecule has 0 saturated heterocycles. The van der Waals surface area contributed by atoms with Crippen LogP contribution in [0.3, 0.4) is 0 Å². The topological polar surface area (TPSA) is 36.3 Å². The number of rotatable bonds is 6. The van der Waals surface area contributed by atoms with Crippen molar-refractivity contribution in [1.82, 2.24) is 0 Å². The van der Waals surface area contributed by atoms with Crippen molar-refractivity contribution in [1.29, 1.82) is 5.26 Å². The Morgan fingerprint density at radius 1 is 0.421 bits per heavy atom. The van der Waals surface area contributed by atoms with E-state index in [0.717, 1.165) is 56.0 Å². The minimum atomic E-state index is -0.524. The van der Waals surface area contributed by atoms with Crippen molar-refractivity contribution in [2.45, 2.75) is 5.41 Å². The standard InChI is InChI=1S/C54H34N2O/c55-35-36-22-26-40(27-23-36)56(41-28-24-37(25-29-41)43-32-33-52-53-47(43)18-11-19-48(53)46-17-8-10-21-51(46)57-52)42-30-31-45-44-16-7-9-20-49(44)54(50(45)34-42,38-12-3-1-4-13-38)39-14-5-2-6-15-39/h1-34H. The highest BCUT2D eigenvalue weighted by molar-refractivity contribution is 6.10. The summed E-state index contributed by atoms with van der Waals surface area (Å²) in [4.78, 5) is 2.30. The number of ether oxygens (including phenoxy) is 1. The number of benzene rings is 9. The van der Waals surface area contributed by atoms with Crippen LogP contribution in [0.5, 0.6) is 11.5 Å². The number of hydrogen-bond acceptors (Lipinski definition) is 3. The van der Waals surface area contributed by atoms with Gasteiger partial charge in [-0.2, -0.15) is 5.26 Å². The van der Waals surface area contributed by atoms with E-state index in [1.54, 1.807) is 0 Å². The zero-order valence-corrected chi connectivity index (χ0v) is 30.9. The van der Waals surface area contributed by atoms with Crippen LogP contribution in [0.15, 0.2) is 206 Å². The van der Waals surface area contributed by atoms with E-state index < -0.39 is 5.41 Å². The quantitative estimate of drug-likeness (QED) is 0.171. The lowest BCUT2D eigenvalue weighted by atomic mass is 9.67. The smallest absolute Gasteiger partial charge is 0.135 e. The van der Waals surface area contributed by atoms with E-state index in [1.165, 1.54) is 38.9 Å². The Morgan fingerprint density at radius 3 is 1.72 bits per heavy atom. The van der Waals surface area contributed by atoms with Gasteiger partial charge in [0.25, 0.3) is 0 Å². The Bertz CT molecular complexity index is 3000. The largest absolute Gasteiger partial charge is 0.456 e. The van der Waals surface area contributed by atoms with Crippen molar-refractivity contribution in [3.05, 3.63) is 234 Å². The van der Waals surface area contributed by atoms with Gasteiger partial charge in [-0.1, -0.05) is 146 Å². The zero-order chi connectivity index (χ0) is 37.9. The summed E-state index contributed by atoms with van der Waals surface area (Å²) in [6.07, 6.45) is 0. The van der Waals surface area contributed by atoms with Crippen LogP contribution < -0.4 is 9.64 Å². The van der Waals surface area contributed by atoms with E-state index in [0.29, 0.717) is 5.56 Å². The number of fused-ring (bicyclic) bond motifs is 5. The molecule has 0 unspecified atom stereocenters. The summed E-state index contributed by atoms with van der Waals surface area (Å²) in [6.45, 7) is 0. The molecule has 11 rings (SSSR count). The van der Waals surface area contributed by atoms with Gasteiger partial charge in [0.05, 0.1) is 17.0 Å². The maximum atomic E-state index is 9.71. The molecule has 1 aliphatic heterocycles. The molecule has 266 valence electrons. The van der Waals surface area contributed by atoms with Crippen LogP contribution in [0.2, 0.25) is 0 Å². The predicted molar refractivity (Wildman–Crippen MR) is 232 cm³/mol. The van der Waals surface area contributed by atoms with Crippen molar-refractivity contribution in [2.75, 3.05) is 4.90 Å². The summed E-state index contributed by atoms with van der Waals surface area (Å²) in [7, 11) is 0. The maximum Gasteiger partial charge on any atom is 0.135 e. The van der Waals surface area contributed by atoms with E-state index in [4.69, 9.17) is 4.74 Å². The fourth-order valence-corrected chi connectivity index (χ4v) is 9.33. The molecule has 0 atom stereocenters. The molecule has 0 aromatic heterocycles. The summed E-state index contributed by atoms with van der Waals surface area (Å²) in [5.74, 6) is 1.77. The second-order valence-electron chi connectivity index (χ2n) is 14.7. The van der Waals surface area contributed by atoms with Gasteiger partial charge in [-0.15, -0.1) is 0 Å². The second-order valence-corrected chi connectivity index (χ2v) is 14.7. The molecular weight excluding hydrogens is 693 g/mol. The lowest BCUT2D eigenvalue weighted by molar-refractivity contribution is 0.487. The molecule has 2 aliphatic rings. The Balaban J connectivity index is 1.08. The van der Waals surface area contributed by atoms with Crippen molar-refractivity contribution in [3.8, 4) is 50.9 Å². The molecular formula is C54H34N2O. The van der Waals surface area contributed by atoms with Crippen molar-refractivity contribution in [2.24, 2.45) is 0 Å². The lowest BCUT2D eigenvalue weighted by Gasteiger charge is -2.35. The summed E-state index contributed by atoms with van der Waals surface area (Å²) in [6, 6.07) is 75.6. The first-order valence-electron chi connectivity index (χ1n) is 19.3. The van der Waals surface area contributed by atoms with Crippen LogP contribution in [0.25, 0.3) is 44.2 Å². The monoisotopic (exact) mass is 726 g/mol. The third kappa shape index (κ3) is 4.98. The fraction of sp³-hybridized carbons (Fsp3) is 0.0185. The van der Waals surface area contributed by atoms with Gasteiger partial charge in [-0.25, -0.2) is 0 Å². The van der Waals surface area contributed by atoms with Crippen LogP contribution in [-0.4, -0.2) is 0 Å². The predicted octanol–water partition coefficient (Wildman–Crippen LogP) is 14.0. The van der Waals surface area contributed by atoms with Crippen molar-refractivity contribution < 1.29 is 4.74 Å². The van der Waals surface area contributed by atoms with Crippen LogP contribution in [-0.2, 0) is 5.41 Å². The summed E-state index contributed by atoms with van der Waals surface area (Å²) in [5.41, 5.74) is 15.1. The molecule has 9 aromatic rings. The van der Waals surface area contributed by atoms with E-state index in [2.05, 4.69) is 181 Å². The van der Waals surface area contributed by atoms with E-state index in [9.17, 15) is 5.26 Å². The van der Waals surface area contributed by atoms with E-state index in [1.807, 2.05) is 36.4 Å². The van der Waals surface area contributed by atoms with Gasteiger partial charge in [0.1, 0.15) is 11.5 Å². The molecule has 57 heavy (non-hydrogen) atoms. The van der Waals surface area contributed by atoms with Gasteiger partial charge < -0.3 is 9.64 Å². The first-order valence-corrected chi connectivity index (χ1v) is 19.3. The highest BCUT2D eigenvalue weighted by atomic mass is 16.5. The van der Waals surface area contributed by atoms with Gasteiger partial charge in [0.2, 0.25) is 0 Å². The molecule has 1 aliphatic carbocycles. The number of hydrogen-bond donors (Lipinski definition) is 0. The third-order valence-electron chi connectivity index (χ3n) is 11.8. The molecule has 9 aromatic carbocycles. The highest BCUT2D eigenvalue weighted by Crippen LogP contribution is 2.57. The van der Waals surface area contributed by atoms with Gasteiger partial charge in [0.15, 0.2) is 0 Å². The molecule has 0 radical (unpaired) electrons. The van der Waals surface area contributed by atoms with Gasteiger partial charge in [0, 0.05) is 28.0 Å². The average molecular weight is 727 g/mol. The minimum Gasteiger partial charge on any atom is -0.456 e. The molecule has 1 heterocycles. The molecule has 3 heteroatoms. The Morgan fingerprint density at radius 2 is 1.00 bits per heavy atom. The fourth-order valence-electron chi connectivity index (χ4n) is 9.33. The zero-order valence-electron chi connectivity index (χ0n) is 30.9. The number of anilines is 3. The maximum absolute atomic E-state index is 9.71. The molecule has 0 amide bonds. The van der Waals surface area contributed by atoms with Crippen LogP contribution in [0, 0.1) is 11.3 Å². The van der Waals surface area contributed by atoms with Crippen LogP contribution >= 0.6 is 0 Å². The van der Waals surface area contributed by atoms with Gasteiger partial charge in [-0.3, -0.25) is 0 Å². The van der Waals surface area contributed by atoms with E-state index >= 15 is 0 Å². The Labute approximate surface area is 331 Å². The normalized spacial score (nSPS) is 12.8. The van der Waals surface area contributed by atoms with Crippen LogP contribution in [0.1, 0.15) is 27.8 Å². The first-order chi connectivity index (χ1) is 28.2. The van der Waals surface area contributed by atoms with Crippen LogP contribution in [0.4, 0.5) is 17.1 Å². The lowest BCUT2D eigenvalue weighted by Crippen LogP contribution is -2.28. The van der Waals surface area contributed by atoms with Gasteiger partial charge >= 0.3 is 0 Å². The minimum absolute atomic E-state index is 0.524. The molecule has 3 nitrogen and oxygen atoms in total. The number of para-hydroxylation sites is 1. The highest BCUT2D eigenvalue weighted by Gasteiger charge is 2.46. The second kappa shape index (κ2) is 13.0. The summed E-state index contributed by atoms with van der Waals surface area (Å²) >= 11 is 0. The molecule has 0 fully saturated rings. The molecule has 0 N–H and O–H groups in total. The summed E-state index contributed by atoms with van der Waals surface area (Å²) < 4.78 is 6.40. The van der Waals surface area contributed by atoms with Gasteiger partial charge in [-0.05, 0) is 116 Å².